The lowest BCUT2D eigenvalue weighted by atomic mass is 9.99. The Kier molecular flexibility index (Phi) is 6.27. The number of nitrogens with one attached hydrogen (secondary N) is 1. The normalized spacial score (nSPS) is 11.7. The van der Waals surface area contributed by atoms with Crippen molar-refractivity contribution in [3.63, 3.8) is 0 Å². The molecule has 0 saturated heterocycles. The van der Waals surface area contributed by atoms with Gasteiger partial charge in [-0.2, -0.15) is 0 Å². The maximum atomic E-state index is 12.4. The Morgan fingerprint density at radius 3 is 2.65 bits per heavy atom. The predicted octanol–water partition coefficient (Wildman–Crippen LogP) is 2.47. The van der Waals surface area contributed by atoms with Gasteiger partial charge in [0, 0.05) is 17.2 Å². The van der Waals surface area contributed by atoms with E-state index in [0.29, 0.717) is 18.0 Å². The first-order chi connectivity index (χ1) is 9.49. The van der Waals surface area contributed by atoms with Gasteiger partial charge in [0.2, 0.25) is 0 Å². The minimum Gasteiger partial charge on any atom is -0.349 e. The molecule has 0 aliphatic rings. The number of carbonyl (C=O) groups excluding carboxylic acids is 1. The SMILES string of the molecule is CCC(NC(=O)c1cc(C#CCN)ccc1C)C(C)C. The number of amides is 1. The van der Waals surface area contributed by atoms with Gasteiger partial charge in [0.1, 0.15) is 0 Å². The van der Waals surface area contributed by atoms with Crippen LogP contribution in [0.4, 0.5) is 0 Å². The van der Waals surface area contributed by atoms with E-state index in [9.17, 15) is 4.79 Å². The molecule has 0 bridgehead atoms. The second-order valence-corrected chi connectivity index (χ2v) is 5.27. The van der Waals surface area contributed by atoms with E-state index in [1.54, 1.807) is 0 Å². The van der Waals surface area contributed by atoms with Crippen molar-refractivity contribution >= 4 is 5.91 Å². The molecular formula is C17H24N2O. The quantitative estimate of drug-likeness (QED) is 0.827. The summed E-state index contributed by atoms with van der Waals surface area (Å²) < 4.78 is 0. The van der Waals surface area contributed by atoms with Gasteiger partial charge in [-0.25, -0.2) is 0 Å². The Labute approximate surface area is 121 Å². The maximum Gasteiger partial charge on any atom is 0.251 e. The van der Waals surface area contributed by atoms with Crippen LogP contribution in [0.25, 0.3) is 0 Å². The lowest BCUT2D eigenvalue weighted by Gasteiger charge is -2.21. The molecule has 0 aromatic heterocycles. The summed E-state index contributed by atoms with van der Waals surface area (Å²) >= 11 is 0. The van der Waals surface area contributed by atoms with Gasteiger partial charge in [0.15, 0.2) is 0 Å². The highest BCUT2D eigenvalue weighted by Crippen LogP contribution is 2.13. The first-order valence-electron chi connectivity index (χ1n) is 7.10. The minimum absolute atomic E-state index is 0.0283. The van der Waals surface area contributed by atoms with Gasteiger partial charge in [-0.05, 0) is 37.0 Å². The third-order valence-corrected chi connectivity index (χ3v) is 3.38. The zero-order valence-electron chi connectivity index (χ0n) is 12.8. The average molecular weight is 272 g/mol. The molecule has 1 unspecified atom stereocenters. The molecule has 0 radical (unpaired) electrons. The molecule has 1 aromatic rings. The van der Waals surface area contributed by atoms with E-state index in [4.69, 9.17) is 5.73 Å². The highest BCUT2D eigenvalue weighted by molar-refractivity contribution is 5.96. The molecule has 3 heteroatoms. The maximum absolute atomic E-state index is 12.4. The molecule has 0 aliphatic carbocycles. The summed E-state index contributed by atoms with van der Waals surface area (Å²) in [7, 11) is 0. The van der Waals surface area contributed by atoms with Crippen LogP contribution in [0.1, 0.15) is 48.7 Å². The Morgan fingerprint density at radius 1 is 1.40 bits per heavy atom. The minimum atomic E-state index is -0.0283. The Bertz CT molecular complexity index is 524. The van der Waals surface area contributed by atoms with Crippen LogP contribution in [0.3, 0.4) is 0 Å². The van der Waals surface area contributed by atoms with E-state index >= 15 is 0 Å². The van der Waals surface area contributed by atoms with Gasteiger partial charge in [-0.15, -0.1) is 0 Å². The van der Waals surface area contributed by atoms with E-state index < -0.39 is 0 Å². The zero-order valence-corrected chi connectivity index (χ0v) is 12.8. The van der Waals surface area contributed by atoms with Gasteiger partial charge in [-0.1, -0.05) is 38.7 Å². The highest BCUT2D eigenvalue weighted by atomic mass is 16.1. The van der Waals surface area contributed by atoms with Crippen LogP contribution in [0.5, 0.6) is 0 Å². The van der Waals surface area contributed by atoms with Crippen molar-refractivity contribution in [2.75, 3.05) is 6.54 Å². The molecule has 1 atom stereocenters. The molecule has 1 amide bonds. The Balaban J connectivity index is 2.97. The number of hydrogen-bond donors (Lipinski definition) is 2. The second-order valence-electron chi connectivity index (χ2n) is 5.27. The van der Waals surface area contributed by atoms with E-state index in [1.165, 1.54) is 0 Å². The van der Waals surface area contributed by atoms with E-state index in [0.717, 1.165) is 17.5 Å². The molecule has 3 N–H and O–H groups in total. The van der Waals surface area contributed by atoms with E-state index in [2.05, 4.69) is 37.9 Å². The number of aryl methyl sites for hydroxylation is 1. The summed E-state index contributed by atoms with van der Waals surface area (Å²) in [5, 5.41) is 3.09. The molecule has 1 aromatic carbocycles. The molecule has 0 fully saturated rings. The van der Waals surface area contributed by atoms with Crippen molar-refractivity contribution in [3.05, 3.63) is 34.9 Å². The average Bonchev–Trinajstić information content (AvgIpc) is 2.43. The molecule has 3 nitrogen and oxygen atoms in total. The zero-order chi connectivity index (χ0) is 15.1. The van der Waals surface area contributed by atoms with Gasteiger partial charge in [-0.3, -0.25) is 4.79 Å². The van der Waals surface area contributed by atoms with Crippen LogP contribution in [0, 0.1) is 24.7 Å². The smallest absolute Gasteiger partial charge is 0.251 e. The van der Waals surface area contributed by atoms with Crippen LogP contribution < -0.4 is 11.1 Å². The highest BCUT2D eigenvalue weighted by Gasteiger charge is 2.16. The monoisotopic (exact) mass is 272 g/mol. The fourth-order valence-electron chi connectivity index (χ4n) is 2.08. The molecule has 20 heavy (non-hydrogen) atoms. The largest absolute Gasteiger partial charge is 0.349 e. The molecule has 1 rings (SSSR count). The van der Waals surface area contributed by atoms with Gasteiger partial charge in [0.25, 0.3) is 5.91 Å². The fraction of sp³-hybridized carbons (Fsp3) is 0.471. The standard InChI is InChI=1S/C17H24N2O/c1-5-16(12(2)3)19-17(20)15-11-14(7-6-10-18)9-8-13(15)4/h8-9,11-12,16H,5,10,18H2,1-4H3,(H,19,20). The van der Waals surface area contributed by atoms with Crippen molar-refractivity contribution in [2.45, 2.75) is 40.2 Å². The van der Waals surface area contributed by atoms with Crippen molar-refractivity contribution < 1.29 is 4.79 Å². The lowest BCUT2D eigenvalue weighted by Crippen LogP contribution is -2.38. The Hall–Kier alpha value is -1.79. The molecule has 0 heterocycles. The summed E-state index contributed by atoms with van der Waals surface area (Å²) in [6.45, 7) is 8.57. The van der Waals surface area contributed by atoms with Crippen molar-refractivity contribution in [1.29, 1.82) is 0 Å². The summed E-state index contributed by atoms with van der Waals surface area (Å²) in [5.41, 5.74) is 7.84. The third-order valence-electron chi connectivity index (χ3n) is 3.38. The number of benzene rings is 1. The fourth-order valence-corrected chi connectivity index (χ4v) is 2.08. The molecule has 0 saturated carbocycles. The molecular weight excluding hydrogens is 248 g/mol. The second kappa shape index (κ2) is 7.72. The summed E-state index contributed by atoms with van der Waals surface area (Å²) in [6.07, 6.45) is 0.926. The number of nitrogens with two attached hydrogens (primary N) is 1. The molecule has 0 spiro atoms. The number of carbonyl (C=O) groups is 1. The summed E-state index contributed by atoms with van der Waals surface area (Å²) in [4.78, 5) is 12.4. The number of hydrogen-bond acceptors (Lipinski definition) is 2. The van der Waals surface area contributed by atoms with Gasteiger partial charge >= 0.3 is 0 Å². The van der Waals surface area contributed by atoms with Crippen LogP contribution in [-0.4, -0.2) is 18.5 Å². The predicted molar refractivity (Wildman–Crippen MR) is 83.5 cm³/mol. The summed E-state index contributed by atoms with van der Waals surface area (Å²) in [6, 6.07) is 5.86. The van der Waals surface area contributed by atoms with Crippen LogP contribution in [0.15, 0.2) is 18.2 Å². The number of rotatable bonds is 4. The van der Waals surface area contributed by atoms with Crippen molar-refractivity contribution in [2.24, 2.45) is 11.7 Å². The van der Waals surface area contributed by atoms with Crippen LogP contribution in [-0.2, 0) is 0 Å². The van der Waals surface area contributed by atoms with Gasteiger partial charge in [0.05, 0.1) is 6.54 Å². The van der Waals surface area contributed by atoms with E-state index in [1.807, 2.05) is 25.1 Å². The van der Waals surface area contributed by atoms with E-state index in [-0.39, 0.29) is 11.9 Å². The van der Waals surface area contributed by atoms with Crippen LogP contribution >= 0.6 is 0 Å². The summed E-state index contributed by atoms with van der Waals surface area (Å²) in [5.74, 6) is 6.16. The van der Waals surface area contributed by atoms with Crippen molar-refractivity contribution in [3.8, 4) is 11.8 Å². The van der Waals surface area contributed by atoms with Crippen LogP contribution in [0.2, 0.25) is 0 Å². The molecule has 0 aliphatic heterocycles. The Morgan fingerprint density at radius 2 is 2.10 bits per heavy atom. The van der Waals surface area contributed by atoms with Crippen molar-refractivity contribution in [1.82, 2.24) is 5.32 Å². The van der Waals surface area contributed by atoms with Gasteiger partial charge < -0.3 is 11.1 Å². The lowest BCUT2D eigenvalue weighted by molar-refractivity contribution is 0.0924. The first-order valence-corrected chi connectivity index (χ1v) is 7.10. The first kappa shape index (κ1) is 16.3. The topological polar surface area (TPSA) is 55.1 Å². The third kappa shape index (κ3) is 4.40. The molecule has 108 valence electrons.